The minimum atomic E-state index is -0.623. The van der Waals surface area contributed by atoms with Crippen LogP contribution >= 0.6 is 0 Å². The fourth-order valence-corrected chi connectivity index (χ4v) is 5.25. The highest BCUT2D eigenvalue weighted by molar-refractivity contribution is 5.87. The van der Waals surface area contributed by atoms with Gasteiger partial charge in [0.2, 0.25) is 11.8 Å². The highest BCUT2D eigenvalue weighted by Gasteiger charge is 2.18. The summed E-state index contributed by atoms with van der Waals surface area (Å²) in [4.78, 5) is 24.7. The summed E-state index contributed by atoms with van der Waals surface area (Å²) in [6.07, 6.45) is 40.9. The molecule has 246 valence electrons. The Morgan fingerprint density at radius 2 is 1.00 bits per heavy atom. The Kier molecular flexibility index (Phi) is 32.6. The van der Waals surface area contributed by atoms with Gasteiger partial charge in [-0.1, -0.05) is 154 Å². The van der Waals surface area contributed by atoms with Crippen molar-refractivity contribution >= 4 is 11.8 Å². The monoisotopic (exact) mass is 590 g/mol. The van der Waals surface area contributed by atoms with E-state index in [2.05, 4.69) is 48.8 Å². The summed E-state index contributed by atoms with van der Waals surface area (Å²) >= 11 is 0. The minimum Gasteiger partial charge on any atom is -0.354 e. The van der Waals surface area contributed by atoms with Gasteiger partial charge in [-0.25, -0.2) is 0 Å². The van der Waals surface area contributed by atoms with Gasteiger partial charge >= 0.3 is 0 Å². The van der Waals surface area contributed by atoms with Crippen LogP contribution < -0.4 is 16.4 Å². The lowest BCUT2D eigenvalue weighted by atomic mass is 10.0. The third-order valence-corrected chi connectivity index (χ3v) is 8.07. The molecule has 5 heteroatoms. The van der Waals surface area contributed by atoms with E-state index in [1.54, 1.807) is 0 Å². The normalized spacial score (nSPS) is 12.4. The first kappa shape index (κ1) is 40.4. The fraction of sp³-hybridized carbons (Fsp3) is 0.838. The Balaban J connectivity index is 3.60. The van der Waals surface area contributed by atoms with Crippen molar-refractivity contribution in [1.82, 2.24) is 10.6 Å². The second-order valence-corrected chi connectivity index (χ2v) is 12.2. The molecule has 0 heterocycles. The van der Waals surface area contributed by atoms with E-state index < -0.39 is 6.04 Å². The molecule has 1 unspecified atom stereocenters. The van der Waals surface area contributed by atoms with E-state index in [0.717, 1.165) is 44.9 Å². The molecule has 0 aromatic rings. The number of allylic oxidation sites excluding steroid dienone is 4. The maximum Gasteiger partial charge on any atom is 0.243 e. The third kappa shape index (κ3) is 29.9. The summed E-state index contributed by atoms with van der Waals surface area (Å²) in [6, 6.07) is -0.623. The molecule has 0 fully saturated rings. The summed E-state index contributed by atoms with van der Waals surface area (Å²) in [5, 5.41) is 5.79. The first-order chi connectivity index (χ1) is 20.7. The molecule has 0 saturated carbocycles. The van der Waals surface area contributed by atoms with Gasteiger partial charge in [0.1, 0.15) is 6.04 Å². The van der Waals surface area contributed by atoms with E-state index in [4.69, 9.17) is 5.73 Å². The molecule has 42 heavy (non-hydrogen) atoms. The largest absolute Gasteiger partial charge is 0.354 e. The lowest BCUT2D eigenvalue weighted by Gasteiger charge is -2.16. The Labute approximate surface area is 261 Å². The van der Waals surface area contributed by atoms with Crippen molar-refractivity contribution in [3.63, 3.8) is 0 Å². The number of hydrogen-bond acceptors (Lipinski definition) is 3. The quantitative estimate of drug-likeness (QED) is 0.0539. The average molecular weight is 590 g/mol. The molecule has 1 atom stereocenters. The van der Waals surface area contributed by atoms with Gasteiger partial charge in [0.25, 0.3) is 0 Å². The topological polar surface area (TPSA) is 84.2 Å². The van der Waals surface area contributed by atoms with Crippen LogP contribution in [-0.2, 0) is 9.59 Å². The summed E-state index contributed by atoms with van der Waals surface area (Å²) in [5.74, 6) is -0.219. The molecular weight excluding hydrogens is 518 g/mol. The number of unbranched alkanes of at least 4 members (excludes halogenated alkanes) is 21. The molecular formula is C37H71N3O2. The van der Waals surface area contributed by atoms with Gasteiger partial charge in [-0.2, -0.15) is 0 Å². The van der Waals surface area contributed by atoms with Crippen molar-refractivity contribution in [3.05, 3.63) is 24.3 Å². The number of carbonyl (C=O) groups is 2. The predicted octanol–water partition coefficient (Wildman–Crippen LogP) is 9.84. The first-order valence-electron chi connectivity index (χ1n) is 18.2. The highest BCUT2D eigenvalue weighted by atomic mass is 16.2. The molecule has 0 saturated heterocycles. The molecule has 0 radical (unpaired) electrons. The van der Waals surface area contributed by atoms with Crippen LogP contribution in [0.15, 0.2) is 24.3 Å². The third-order valence-electron chi connectivity index (χ3n) is 8.07. The number of carbonyl (C=O) groups excluding carboxylic acids is 2. The molecule has 4 N–H and O–H groups in total. The van der Waals surface area contributed by atoms with Gasteiger partial charge in [-0.3, -0.25) is 9.59 Å². The van der Waals surface area contributed by atoms with Crippen LogP contribution in [0.4, 0.5) is 0 Å². The van der Waals surface area contributed by atoms with Gasteiger partial charge in [0.15, 0.2) is 0 Å². The average Bonchev–Trinajstić information content (AvgIpc) is 2.99. The number of nitrogens with two attached hydrogens (primary N) is 1. The number of hydrogen-bond donors (Lipinski definition) is 3. The van der Waals surface area contributed by atoms with E-state index in [0.29, 0.717) is 13.0 Å². The van der Waals surface area contributed by atoms with Crippen molar-refractivity contribution in [2.24, 2.45) is 5.73 Å². The molecule has 5 nitrogen and oxygen atoms in total. The van der Waals surface area contributed by atoms with Gasteiger partial charge < -0.3 is 16.4 Å². The zero-order valence-electron chi connectivity index (χ0n) is 28.1. The zero-order chi connectivity index (χ0) is 30.8. The Morgan fingerprint density at radius 3 is 1.52 bits per heavy atom. The first-order valence-corrected chi connectivity index (χ1v) is 18.2. The molecule has 0 aromatic carbocycles. The molecule has 0 aromatic heterocycles. The van der Waals surface area contributed by atoms with E-state index in [-0.39, 0.29) is 18.4 Å². The molecule has 0 aliphatic carbocycles. The Bertz CT molecular complexity index is 647. The van der Waals surface area contributed by atoms with Crippen molar-refractivity contribution in [2.75, 3.05) is 13.1 Å². The maximum absolute atomic E-state index is 12.4. The smallest absolute Gasteiger partial charge is 0.243 e. The molecule has 0 spiro atoms. The van der Waals surface area contributed by atoms with Crippen LogP contribution in [0.3, 0.4) is 0 Å². The van der Waals surface area contributed by atoms with Crippen LogP contribution in [-0.4, -0.2) is 30.9 Å². The van der Waals surface area contributed by atoms with Gasteiger partial charge in [-0.05, 0) is 44.9 Å². The van der Waals surface area contributed by atoms with Crippen LogP contribution in [0, 0.1) is 0 Å². The Hall–Kier alpha value is -1.62. The van der Waals surface area contributed by atoms with E-state index >= 15 is 0 Å². The SMILES string of the molecule is CCCCC/C=C/C/C=C/CCCCCCCC(=O)NC(CN)C(=O)NCCCCCCCCCCCCCCCC. The zero-order valence-corrected chi connectivity index (χ0v) is 28.1. The van der Waals surface area contributed by atoms with Crippen LogP contribution in [0.5, 0.6) is 0 Å². The number of amides is 2. The molecule has 0 bridgehead atoms. The lowest BCUT2D eigenvalue weighted by Crippen LogP contribution is -2.50. The summed E-state index contributed by atoms with van der Waals surface area (Å²) in [6.45, 7) is 5.31. The van der Waals surface area contributed by atoms with Crippen molar-refractivity contribution in [3.8, 4) is 0 Å². The fourth-order valence-electron chi connectivity index (χ4n) is 5.25. The van der Waals surface area contributed by atoms with Crippen LogP contribution in [0.2, 0.25) is 0 Å². The van der Waals surface area contributed by atoms with Gasteiger partial charge in [0.05, 0.1) is 0 Å². The van der Waals surface area contributed by atoms with Crippen molar-refractivity contribution in [1.29, 1.82) is 0 Å². The Morgan fingerprint density at radius 1 is 0.571 bits per heavy atom. The minimum absolute atomic E-state index is 0.0669. The summed E-state index contributed by atoms with van der Waals surface area (Å²) < 4.78 is 0. The molecule has 2 amide bonds. The van der Waals surface area contributed by atoms with Crippen LogP contribution in [0.25, 0.3) is 0 Å². The van der Waals surface area contributed by atoms with Crippen molar-refractivity contribution in [2.45, 2.75) is 187 Å². The van der Waals surface area contributed by atoms with Crippen LogP contribution in [0.1, 0.15) is 181 Å². The molecule has 0 aliphatic heterocycles. The number of nitrogens with one attached hydrogen (secondary N) is 2. The second-order valence-electron chi connectivity index (χ2n) is 12.2. The standard InChI is InChI=1S/C37H71N3O2/c1-3-5-7-9-11-13-15-17-19-20-22-24-26-28-30-32-36(41)40-35(34-38)37(42)39-33-31-29-27-25-23-21-18-16-14-12-10-8-6-4-2/h11,13,17,19,35H,3-10,12,14-16,18,20-34,38H2,1-2H3,(H,39,42)(H,40,41)/b13-11+,19-17+. The summed E-state index contributed by atoms with van der Waals surface area (Å²) in [7, 11) is 0. The lowest BCUT2D eigenvalue weighted by molar-refractivity contribution is -0.128. The summed E-state index contributed by atoms with van der Waals surface area (Å²) in [5.41, 5.74) is 5.78. The molecule has 0 aliphatic rings. The van der Waals surface area contributed by atoms with E-state index in [9.17, 15) is 9.59 Å². The number of rotatable bonds is 32. The van der Waals surface area contributed by atoms with E-state index in [1.165, 1.54) is 116 Å². The second kappa shape index (κ2) is 33.9. The van der Waals surface area contributed by atoms with Gasteiger partial charge in [-0.15, -0.1) is 0 Å². The van der Waals surface area contributed by atoms with Gasteiger partial charge in [0, 0.05) is 19.5 Å². The van der Waals surface area contributed by atoms with Crippen molar-refractivity contribution < 1.29 is 9.59 Å². The van der Waals surface area contributed by atoms with E-state index in [1.807, 2.05) is 0 Å². The highest BCUT2D eigenvalue weighted by Crippen LogP contribution is 2.13. The maximum atomic E-state index is 12.4. The predicted molar refractivity (Wildman–Crippen MR) is 184 cm³/mol. The molecule has 0 rings (SSSR count).